The van der Waals surface area contributed by atoms with E-state index >= 15 is 0 Å². The van der Waals surface area contributed by atoms with Gasteiger partial charge in [-0.2, -0.15) is 0 Å². The molecule has 0 saturated carbocycles. The lowest BCUT2D eigenvalue weighted by molar-refractivity contribution is -0.117. The van der Waals surface area contributed by atoms with Crippen molar-refractivity contribution < 1.29 is 19.0 Å². The lowest BCUT2D eigenvalue weighted by Gasteiger charge is -2.31. The summed E-state index contributed by atoms with van der Waals surface area (Å²) in [5.74, 6) is 2.25. The van der Waals surface area contributed by atoms with Crippen molar-refractivity contribution in [2.75, 3.05) is 46.3 Å². The maximum Gasteiger partial charge on any atom is 0.238 e. The van der Waals surface area contributed by atoms with Gasteiger partial charge in [0, 0.05) is 17.8 Å². The molecule has 0 unspecified atom stereocenters. The third kappa shape index (κ3) is 6.37. The van der Waals surface area contributed by atoms with Crippen LogP contribution in [0.5, 0.6) is 17.2 Å². The number of methoxy groups -OCH3 is 3. The number of nitrogens with one attached hydrogen (secondary N) is 1. The number of ether oxygens (including phenoxy) is 3. The number of aryl methyl sites for hydroxylation is 2. The van der Waals surface area contributed by atoms with Gasteiger partial charge in [0.15, 0.2) is 11.5 Å². The molecule has 0 aliphatic carbocycles. The molecule has 2 aromatic rings. The van der Waals surface area contributed by atoms with Gasteiger partial charge in [-0.15, -0.1) is 0 Å². The van der Waals surface area contributed by atoms with Crippen LogP contribution in [0.1, 0.15) is 30.4 Å². The zero-order valence-electron chi connectivity index (χ0n) is 19.1. The number of nitrogens with zero attached hydrogens (tertiary/aromatic N) is 1. The average Bonchev–Trinajstić information content (AvgIpc) is 2.78. The Labute approximate surface area is 185 Å². The summed E-state index contributed by atoms with van der Waals surface area (Å²) in [6.07, 6.45) is 4.63. The molecule has 0 bridgehead atoms. The lowest BCUT2D eigenvalue weighted by atomic mass is 9.90. The molecule has 1 amide bonds. The molecule has 31 heavy (non-hydrogen) atoms. The maximum absolute atomic E-state index is 12.6. The Hall–Kier alpha value is -2.73. The molecular formula is C25H34N2O4. The quantitative estimate of drug-likeness (QED) is 0.648. The van der Waals surface area contributed by atoms with Gasteiger partial charge in [0.2, 0.25) is 11.7 Å². The number of anilines is 1. The fraction of sp³-hybridized carbons (Fsp3) is 0.480. The van der Waals surface area contributed by atoms with Crippen LogP contribution in [0, 0.1) is 12.8 Å². The van der Waals surface area contributed by atoms with Crippen molar-refractivity contribution in [2.24, 2.45) is 5.92 Å². The third-order valence-corrected chi connectivity index (χ3v) is 5.98. The highest BCUT2D eigenvalue weighted by Gasteiger charge is 2.21. The molecule has 0 radical (unpaired) electrons. The van der Waals surface area contributed by atoms with Crippen molar-refractivity contribution in [3.63, 3.8) is 0 Å². The van der Waals surface area contributed by atoms with Crippen molar-refractivity contribution >= 4 is 11.6 Å². The highest BCUT2D eigenvalue weighted by atomic mass is 16.5. The Bertz CT molecular complexity index is 833. The molecule has 1 saturated heterocycles. The predicted octanol–water partition coefficient (Wildman–Crippen LogP) is 4.30. The van der Waals surface area contributed by atoms with Gasteiger partial charge in [-0.05, 0) is 57.2 Å². The highest BCUT2D eigenvalue weighted by Crippen LogP contribution is 2.39. The molecule has 1 aliphatic heterocycles. The van der Waals surface area contributed by atoms with Gasteiger partial charge in [-0.3, -0.25) is 9.69 Å². The first-order valence-electron chi connectivity index (χ1n) is 10.9. The molecular weight excluding hydrogens is 392 g/mol. The normalized spacial score (nSPS) is 14.8. The minimum Gasteiger partial charge on any atom is -0.493 e. The van der Waals surface area contributed by atoms with Crippen molar-refractivity contribution in [3.8, 4) is 17.2 Å². The molecule has 1 aliphatic rings. The van der Waals surface area contributed by atoms with Crippen LogP contribution in [0.25, 0.3) is 0 Å². The topological polar surface area (TPSA) is 60.0 Å². The Morgan fingerprint density at radius 1 is 1.00 bits per heavy atom. The second kappa shape index (κ2) is 11.0. The smallest absolute Gasteiger partial charge is 0.238 e. The molecule has 2 aromatic carbocycles. The summed E-state index contributed by atoms with van der Waals surface area (Å²) < 4.78 is 16.0. The standard InChI is InChI=1S/C25H34N2O4/c1-18-5-7-19(8-6-18)9-10-20-11-13-27(14-12-20)17-24(28)26-21-15-22(29-2)25(31-4)23(16-21)30-3/h5-8,15-16,20H,9-14,17H2,1-4H3,(H,26,28). The van der Waals surface area contributed by atoms with Crippen molar-refractivity contribution in [3.05, 3.63) is 47.5 Å². The van der Waals surface area contributed by atoms with Crippen LogP contribution in [0.2, 0.25) is 0 Å². The first-order valence-corrected chi connectivity index (χ1v) is 10.9. The van der Waals surface area contributed by atoms with E-state index in [1.54, 1.807) is 33.5 Å². The fourth-order valence-corrected chi connectivity index (χ4v) is 4.12. The average molecular weight is 427 g/mol. The van der Waals surface area contributed by atoms with Crippen LogP contribution in [-0.2, 0) is 11.2 Å². The van der Waals surface area contributed by atoms with Gasteiger partial charge in [0.05, 0.1) is 27.9 Å². The van der Waals surface area contributed by atoms with E-state index in [-0.39, 0.29) is 5.91 Å². The van der Waals surface area contributed by atoms with Crippen LogP contribution >= 0.6 is 0 Å². The van der Waals surface area contributed by atoms with E-state index in [4.69, 9.17) is 14.2 Å². The molecule has 1 N–H and O–H groups in total. The van der Waals surface area contributed by atoms with E-state index in [1.807, 2.05) is 0 Å². The second-order valence-corrected chi connectivity index (χ2v) is 8.21. The molecule has 6 heteroatoms. The third-order valence-electron chi connectivity index (χ3n) is 5.98. The summed E-state index contributed by atoms with van der Waals surface area (Å²) in [4.78, 5) is 14.8. The first kappa shape index (κ1) is 22.9. The summed E-state index contributed by atoms with van der Waals surface area (Å²) >= 11 is 0. The Balaban J connectivity index is 1.46. The zero-order chi connectivity index (χ0) is 22.2. The number of hydrogen-bond acceptors (Lipinski definition) is 5. The minimum atomic E-state index is -0.0348. The fourth-order valence-electron chi connectivity index (χ4n) is 4.12. The van der Waals surface area contributed by atoms with E-state index < -0.39 is 0 Å². The van der Waals surface area contributed by atoms with Gasteiger partial charge < -0.3 is 19.5 Å². The van der Waals surface area contributed by atoms with Crippen molar-refractivity contribution in [2.45, 2.75) is 32.6 Å². The number of carbonyl (C=O) groups is 1. The van der Waals surface area contributed by atoms with Gasteiger partial charge in [-0.25, -0.2) is 0 Å². The van der Waals surface area contributed by atoms with Crippen LogP contribution < -0.4 is 19.5 Å². The number of amides is 1. The zero-order valence-corrected chi connectivity index (χ0v) is 19.1. The highest BCUT2D eigenvalue weighted by molar-refractivity contribution is 5.93. The van der Waals surface area contributed by atoms with E-state index in [9.17, 15) is 4.79 Å². The van der Waals surface area contributed by atoms with E-state index in [0.29, 0.717) is 29.5 Å². The van der Waals surface area contributed by atoms with Crippen LogP contribution in [0.4, 0.5) is 5.69 Å². The number of hydrogen-bond donors (Lipinski definition) is 1. The van der Waals surface area contributed by atoms with E-state index in [2.05, 4.69) is 41.4 Å². The number of likely N-dealkylation sites (tertiary alicyclic amines) is 1. The van der Waals surface area contributed by atoms with Gasteiger partial charge in [-0.1, -0.05) is 29.8 Å². The number of carbonyl (C=O) groups excluding carboxylic acids is 1. The summed E-state index contributed by atoms with van der Waals surface area (Å²) in [5, 5.41) is 2.96. The molecule has 0 aromatic heterocycles. The molecule has 0 spiro atoms. The molecule has 168 valence electrons. The predicted molar refractivity (Wildman–Crippen MR) is 123 cm³/mol. The largest absolute Gasteiger partial charge is 0.493 e. The molecule has 1 heterocycles. The lowest BCUT2D eigenvalue weighted by Crippen LogP contribution is -2.39. The summed E-state index contributed by atoms with van der Waals surface area (Å²) in [6, 6.07) is 12.3. The maximum atomic E-state index is 12.6. The Kier molecular flexibility index (Phi) is 8.18. The Morgan fingerprint density at radius 2 is 1.61 bits per heavy atom. The number of rotatable bonds is 9. The SMILES string of the molecule is COc1cc(NC(=O)CN2CCC(CCc3ccc(C)cc3)CC2)cc(OC)c1OC. The monoisotopic (exact) mass is 426 g/mol. The van der Waals surface area contributed by atoms with Gasteiger partial charge in [0.25, 0.3) is 0 Å². The molecule has 6 nitrogen and oxygen atoms in total. The summed E-state index contributed by atoms with van der Waals surface area (Å²) in [5.41, 5.74) is 3.35. The van der Waals surface area contributed by atoms with E-state index in [1.165, 1.54) is 17.5 Å². The number of benzene rings is 2. The Morgan fingerprint density at radius 3 is 2.16 bits per heavy atom. The number of piperidine rings is 1. The first-order chi connectivity index (χ1) is 15.0. The molecule has 3 rings (SSSR count). The van der Waals surface area contributed by atoms with Crippen LogP contribution in [-0.4, -0.2) is 51.8 Å². The van der Waals surface area contributed by atoms with Gasteiger partial charge in [0.1, 0.15) is 0 Å². The van der Waals surface area contributed by atoms with E-state index in [0.717, 1.165) is 38.3 Å². The summed E-state index contributed by atoms with van der Waals surface area (Å²) in [6.45, 7) is 4.43. The van der Waals surface area contributed by atoms with Crippen molar-refractivity contribution in [1.82, 2.24) is 4.90 Å². The van der Waals surface area contributed by atoms with Crippen LogP contribution in [0.15, 0.2) is 36.4 Å². The van der Waals surface area contributed by atoms with Crippen molar-refractivity contribution in [1.29, 1.82) is 0 Å². The molecule has 0 atom stereocenters. The molecule has 1 fully saturated rings. The van der Waals surface area contributed by atoms with Gasteiger partial charge >= 0.3 is 0 Å². The minimum absolute atomic E-state index is 0.0348. The summed E-state index contributed by atoms with van der Waals surface area (Å²) in [7, 11) is 4.68. The second-order valence-electron chi connectivity index (χ2n) is 8.21. The van der Waals surface area contributed by atoms with Crippen LogP contribution in [0.3, 0.4) is 0 Å².